The summed E-state index contributed by atoms with van der Waals surface area (Å²) in [5.74, 6) is -2.31. The van der Waals surface area contributed by atoms with Crippen LogP contribution in [0.5, 0.6) is 0 Å². The number of para-hydroxylation sites is 1. The van der Waals surface area contributed by atoms with Gasteiger partial charge < -0.3 is 24.5 Å². The second-order valence-electron chi connectivity index (χ2n) is 12.6. The zero-order valence-electron chi connectivity index (χ0n) is 25.1. The van der Waals surface area contributed by atoms with E-state index in [-0.39, 0.29) is 30.2 Å². The zero-order chi connectivity index (χ0) is 30.4. The molecule has 1 N–H and O–H groups in total. The van der Waals surface area contributed by atoms with Gasteiger partial charge in [0, 0.05) is 25.3 Å². The molecule has 3 amide bonds. The molecule has 0 bridgehead atoms. The van der Waals surface area contributed by atoms with E-state index in [4.69, 9.17) is 4.74 Å². The number of aliphatic hydroxyl groups excluding tert-OH is 1. The first kappa shape index (κ1) is 29.3. The molecule has 0 aromatic heterocycles. The van der Waals surface area contributed by atoms with Crippen molar-refractivity contribution in [2.75, 3.05) is 24.6 Å². The molecule has 4 heterocycles. The van der Waals surface area contributed by atoms with E-state index in [1.54, 1.807) is 14.7 Å². The fraction of sp³-hybridized carbons (Fsp3) is 0.457. The average Bonchev–Trinajstić information content (AvgIpc) is 3.31. The molecule has 2 fully saturated rings. The van der Waals surface area contributed by atoms with Gasteiger partial charge in [0.15, 0.2) is 0 Å². The van der Waals surface area contributed by atoms with Crippen molar-refractivity contribution in [1.82, 2.24) is 9.80 Å². The normalized spacial score (nSPS) is 30.8. The molecular weight excluding hydrogens is 542 g/mol. The van der Waals surface area contributed by atoms with Crippen LogP contribution in [0.25, 0.3) is 0 Å². The topological polar surface area (TPSA) is 90.4 Å². The van der Waals surface area contributed by atoms with Crippen LogP contribution in [0.2, 0.25) is 0 Å². The third-order valence-corrected chi connectivity index (χ3v) is 9.59. The third-order valence-electron chi connectivity index (χ3n) is 9.59. The van der Waals surface area contributed by atoms with Crippen molar-refractivity contribution < 1.29 is 24.2 Å². The number of hydrogen-bond acceptors (Lipinski definition) is 5. The summed E-state index contributed by atoms with van der Waals surface area (Å²) < 4.78 is 7.09. The van der Waals surface area contributed by atoms with E-state index in [2.05, 4.69) is 0 Å². The molecule has 2 saturated heterocycles. The number of nitrogens with zero attached hydrogens (tertiary/aromatic N) is 3. The monoisotopic (exact) mass is 583 g/mol. The number of benzene rings is 2. The molecule has 4 aliphatic heterocycles. The van der Waals surface area contributed by atoms with E-state index in [0.29, 0.717) is 32.5 Å². The van der Waals surface area contributed by atoms with Crippen molar-refractivity contribution in [3.8, 4) is 0 Å². The number of fused-ring (bicyclic) bond motifs is 2. The van der Waals surface area contributed by atoms with Crippen LogP contribution in [0.4, 0.5) is 5.69 Å². The number of carbonyl (C=O) groups excluding carboxylic acids is 3. The summed E-state index contributed by atoms with van der Waals surface area (Å²) in [4.78, 5) is 49.1. The maximum atomic E-state index is 14.8. The predicted octanol–water partition coefficient (Wildman–Crippen LogP) is 3.96. The molecule has 1 spiro atoms. The van der Waals surface area contributed by atoms with Gasteiger partial charge in [0.1, 0.15) is 11.6 Å². The molecule has 0 aliphatic carbocycles. The first-order valence-corrected chi connectivity index (χ1v) is 15.4. The maximum absolute atomic E-state index is 14.8. The summed E-state index contributed by atoms with van der Waals surface area (Å²) in [5, 5.41) is 10.6. The molecule has 0 saturated carbocycles. The van der Waals surface area contributed by atoms with E-state index < -0.39 is 35.1 Å². The van der Waals surface area contributed by atoms with E-state index in [1.807, 2.05) is 106 Å². The van der Waals surface area contributed by atoms with Crippen LogP contribution in [-0.2, 0) is 25.7 Å². The number of rotatable bonds is 8. The highest BCUT2D eigenvalue weighted by Gasteiger charge is 2.76. The van der Waals surface area contributed by atoms with E-state index in [9.17, 15) is 19.5 Å². The molecule has 8 heteroatoms. The molecule has 226 valence electrons. The van der Waals surface area contributed by atoms with Crippen molar-refractivity contribution >= 4 is 23.4 Å². The van der Waals surface area contributed by atoms with E-state index in [1.165, 1.54) is 0 Å². The fourth-order valence-electron chi connectivity index (χ4n) is 7.75. The minimum Gasteiger partial charge on any atom is -0.394 e. The molecular formula is C35H41N3O5. The predicted molar refractivity (Wildman–Crippen MR) is 164 cm³/mol. The number of carbonyl (C=O) groups is 3. The van der Waals surface area contributed by atoms with Crippen molar-refractivity contribution in [3.05, 3.63) is 90.5 Å². The Kier molecular flexibility index (Phi) is 7.77. The van der Waals surface area contributed by atoms with E-state index >= 15 is 0 Å². The van der Waals surface area contributed by atoms with Crippen LogP contribution in [0.3, 0.4) is 0 Å². The molecule has 1 unspecified atom stereocenters. The Morgan fingerprint density at radius 2 is 1.56 bits per heavy atom. The van der Waals surface area contributed by atoms with Gasteiger partial charge >= 0.3 is 0 Å². The quantitative estimate of drug-likeness (QED) is 0.476. The lowest BCUT2D eigenvalue weighted by atomic mass is 9.73. The van der Waals surface area contributed by atoms with Gasteiger partial charge in [-0.2, -0.15) is 0 Å². The first-order valence-electron chi connectivity index (χ1n) is 15.4. The van der Waals surface area contributed by atoms with Crippen LogP contribution >= 0.6 is 0 Å². The summed E-state index contributed by atoms with van der Waals surface area (Å²) in [7, 11) is 0. The Bertz CT molecular complexity index is 1430. The lowest BCUT2D eigenvalue weighted by Gasteiger charge is -2.41. The molecule has 0 radical (unpaired) electrons. The lowest BCUT2D eigenvalue weighted by Crippen LogP contribution is -2.59. The molecule has 4 aliphatic rings. The number of anilines is 1. The van der Waals surface area contributed by atoms with Crippen LogP contribution < -0.4 is 4.90 Å². The Hall–Kier alpha value is -3.75. The summed E-state index contributed by atoms with van der Waals surface area (Å²) in [6.45, 7) is 6.84. The van der Waals surface area contributed by atoms with Gasteiger partial charge in [-0.15, -0.1) is 0 Å². The average molecular weight is 584 g/mol. The number of amides is 3. The minimum absolute atomic E-state index is 0.171. The van der Waals surface area contributed by atoms with Crippen molar-refractivity contribution in [1.29, 1.82) is 0 Å². The molecule has 6 atom stereocenters. The molecule has 43 heavy (non-hydrogen) atoms. The van der Waals surface area contributed by atoms with E-state index in [0.717, 1.165) is 11.3 Å². The Labute approximate surface area is 253 Å². The highest BCUT2D eigenvalue weighted by molar-refractivity contribution is 6.04. The standard InChI is InChI=1S/C35H41N3O5/c1-4-34-17-11-20-37(26-15-9-6-10-16-26)31(40)28(34)29-32(41)38(27(23-39)21-24(2)3)30-33(42)36(19-12-18-35(29,30)43-34)22-25-13-7-5-8-14-25/h5-18,24,27-30,39H,4,19-23H2,1-3H3/t27-,28-,29+,30?,34+,35+/m1/s1. The first-order chi connectivity index (χ1) is 20.8. The second-order valence-corrected chi connectivity index (χ2v) is 12.6. The van der Waals surface area contributed by atoms with Crippen molar-refractivity contribution in [2.24, 2.45) is 17.8 Å². The number of ether oxygens (including phenoxy) is 1. The van der Waals surface area contributed by atoms with Gasteiger partial charge in [-0.05, 0) is 36.5 Å². The zero-order valence-corrected chi connectivity index (χ0v) is 25.1. The van der Waals surface area contributed by atoms with Crippen molar-refractivity contribution in [2.45, 2.75) is 63.4 Å². The Morgan fingerprint density at radius 1 is 0.884 bits per heavy atom. The molecule has 6 rings (SSSR count). The fourth-order valence-corrected chi connectivity index (χ4v) is 7.75. The van der Waals surface area contributed by atoms with Gasteiger partial charge in [0.25, 0.3) is 0 Å². The highest BCUT2D eigenvalue weighted by atomic mass is 16.5. The van der Waals surface area contributed by atoms with Gasteiger partial charge in [-0.25, -0.2) is 0 Å². The summed E-state index contributed by atoms with van der Waals surface area (Å²) >= 11 is 0. The third kappa shape index (κ3) is 4.71. The Balaban J connectivity index is 1.49. The Morgan fingerprint density at radius 3 is 2.21 bits per heavy atom. The van der Waals surface area contributed by atoms with Crippen LogP contribution in [0.15, 0.2) is 85.0 Å². The maximum Gasteiger partial charge on any atom is 0.249 e. The second kappa shape index (κ2) is 11.4. The molecule has 2 aromatic rings. The van der Waals surface area contributed by atoms with Gasteiger partial charge in [0.05, 0.1) is 30.1 Å². The summed E-state index contributed by atoms with van der Waals surface area (Å²) in [5.41, 5.74) is -0.687. The summed E-state index contributed by atoms with van der Waals surface area (Å²) in [6, 6.07) is 17.6. The minimum atomic E-state index is -1.36. The number of aliphatic hydroxyl groups is 1. The van der Waals surface area contributed by atoms with Crippen LogP contribution in [0.1, 0.15) is 39.2 Å². The molecule has 2 aromatic carbocycles. The highest BCUT2D eigenvalue weighted by Crippen LogP contribution is 2.59. The van der Waals surface area contributed by atoms with Crippen molar-refractivity contribution in [3.63, 3.8) is 0 Å². The largest absolute Gasteiger partial charge is 0.394 e. The van der Waals surface area contributed by atoms with Gasteiger partial charge in [0.2, 0.25) is 17.7 Å². The lowest BCUT2D eigenvalue weighted by molar-refractivity contribution is -0.156. The molecule has 8 nitrogen and oxygen atoms in total. The van der Waals surface area contributed by atoms with Gasteiger partial charge in [-0.1, -0.05) is 93.6 Å². The van der Waals surface area contributed by atoms with Crippen LogP contribution in [-0.4, -0.2) is 75.6 Å². The number of hydrogen-bond donors (Lipinski definition) is 1. The van der Waals surface area contributed by atoms with Crippen LogP contribution in [0, 0.1) is 17.8 Å². The SMILES string of the molecule is CC[C@]12C=CCN(c3ccccc3)C(=O)[C@H]1[C@H]1C(=O)N([C@@H](CO)CC(C)C)C3C(=O)N(Cc4ccccc4)CC=C[C@@]31O2. The van der Waals surface area contributed by atoms with Gasteiger partial charge in [-0.3, -0.25) is 14.4 Å². The number of likely N-dealkylation sites (tertiary alicyclic amines) is 1. The smallest absolute Gasteiger partial charge is 0.249 e. The summed E-state index contributed by atoms with van der Waals surface area (Å²) in [6.07, 6.45) is 8.67.